The summed E-state index contributed by atoms with van der Waals surface area (Å²) in [7, 11) is 1.62. The largest absolute Gasteiger partial charge is 0.496 e. The van der Waals surface area contributed by atoms with Crippen LogP contribution in [0.2, 0.25) is 0 Å². The van der Waals surface area contributed by atoms with Crippen LogP contribution in [0.15, 0.2) is 72.9 Å². The van der Waals surface area contributed by atoms with Crippen LogP contribution >= 0.6 is 22.6 Å². The molecule has 0 radical (unpaired) electrons. The van der Waals surface area contributed by atoms with Gasteiger partial charge in [0.1, 0.15) is 28.5 Å². The van der Waals surface area contributed by atoms with E-state index in [1.165, 1.54) is 24.3 Å². The van der Waals surface area contributed by atoms with Crippen LogP contribution < -0.4 is 20.1 Å². The van der Waals surface area contributed by atoms with Gasteiger partial charge in [0.05, 0.1) is 16.2 Å². The molecular weight excluding hydrogens is 576 g/mol. The highest BCUT2D eigenvalue weighted by Crippen LogP contribution is 2.47. The van der Waals surface area contributed by atoms with Gasteiger partial charge in [-0.15, -0.1) is 0 Å². The Hall–Kier alpha value is -3.73. The number of carbonyl (C=O) groups is 2. The molecule has 0 unspecified atom stereocenters. The van der Waals surface area contributed by atoms with Gasteiger partial charge in [0.25, 0.3) is 0 Å². The molecule has 7 nitrogen and oxygen atoms in total. The smallest absolute Gasteiger partial charge is 0.240 e. The first kappa shape index (κ1) is 24.0. The zero-order valence-electron chi connectivity index (χ0n) is 19.2. The zero-order chi connectivity index (χ0) is 25.3. The van der Waals surface area contributed by atoms with Gasteiger partial charge in [-0.1, -0.05) is 0 Å². The van der Waals surface area contributed by atoms with Crippen LogP contribution in [0.25, 0.3) is 10.9 Å². The molecule has 4 aromatic rings. The highest BCUT2D eigenvalue weighted by molar-refractivity contribution is 14.1. The van der Waals surface area contributed by atoms with Crippen molar-refractivity contribution in [2.75, 3.05) is 17.7 Å². The maximum Gasteiger partial charge on any atom is 0.240 e. The van der Waals surface area contributed by atoms with Crippen LogP contribution in [0.1, 0.15) is 12.8 Å². The minimum absolute atomic E-state index is 0.377. The normalized spacial score (nSPS) is 13.6. The molecule has 0 aliphatic heterocycles. The topological polar surface area (TPSA) is 89.5 Å². The molecule has 0 atom stereocenters. The number of nitrogens with zero attached hydrogens (tertiary/aromatic N) is 1. The number of ether oxygens (including phenoxy) is 2. The highest BCUT2D eigenvalue weighted by atomic mass is 127. The monoisotopic (exact) mass is 597 g/mol. The first-order chi connectivity index (χ1) is 17.4. The summed E-state index contributed by atoms with van der Waals surface area (Å²) in [5, 5.41) is 6.33. The molecule has 1 saturated carbocycles. The SMILES string of the molecule is COc1cc2c(Oc3ccc(NC(=O)C4(C(=O)Nc5ccc(F)cc5)CC4)cc3)ccnc2cc1I. The molecule has 2 amide bonds. The van der Waals surface area contributed by atoms with E-state index in [2.05, 4.69) is 38.2 Å². The summed E-state index contributed by atoms with van der Waals surface area (Å²) in [6.07, 6.45) is 2.58. The van der Waals surface area contributed by atoms with E-state index in [0.29, 0.717) is 35.7 Å². The molecule has 1 aliphatic rings. The number of carbonyl (C=O) groups excluding carboxylic acids is 2. The van der Waals surface area contributed by atoms with E-state index in [1.807, 2.05) is 12.1 Å². The van der Waals surface area contributed by atoms with Gasteiger partial charge in [-0.2, -0.15) is 0 Å². The van der Waals surface area contributed by atoms with Crippen LogP contribution in [0, 0.1) is 14.8 Å². The zero-order valence-corrected chi connectivity index (χ0v) is 21.3. The summed E-state index contributed by atoms with van der Waals surface area (Å²) in [5.41, 5.74) is 0.646. The van der Waals surface area contributed by atoms with Crippen molar-refractivity contribution in [3.63, 3.8) is 0 Å². The second-order valence-corrected chi connectivity index (χ2v) is 9.60. The lowest BCUT2D eigenvalue weighted by atomic mass is 10.0. The van der Waals surface area contributed by atoms with Gasteiger partial charge in [0.15, 0.2) is 0 Å². The Labute approximate surface area is 220 Å². The number of benzene rings is 3. The van der Waals surface area contributed by atoms with Crippen molar-refractivity contribution in [1.82, 2.24) is 4.98 Å². The van der Waals surface area contributed by atoms with E-state index in [-0.39, 0.29) is 5.91 Å². The van der Waals surface area contributed by atoms with Crippen molar-refractivity contribution in [1.29, 1.82) is 0 Å². The highest BCUT2D eigenvalue weighted by Gasteiger charge is 2.56. The summed E-state index contributed by atoms with van der Waals surface area (Å²) < 4.78 is 25.6. The number of hydrogen-bond donors (Lipinski definition) is 2. The number of hydrogen-bond acceptors (Lipinski definition) is 5. The maximum atomic E-state index is 13.1. The van der Waals surface area contributed by atoms with Crippen LogP contribution in [0.5, 0.6) is 17.2 Å². The molecule has 36 heavy (non-hydrogen) atoms. The Bertz CT molecular complexity index is 1450. The van der Waals surface area contributed by atoms with E-state index >= 15 is 0 Å². The molecule has 0 spiro atoms. The second-order valence-electron chi connectivity index (χ2n) is 8.44. The van der Waals surface area contributed by atoms with Gasteiger partial charge in [-0.05, 0) is 102 Å². The first-order valence-corrected chi connectivity index (χ1v) is 12.2. The van der Waals surface area contributed by atoms with Crippen LogP contribution in [-0.4, -0.2) is 23.9 Å². The molecular formula is C27H21FIN3O4. The number of pyridine rings is 1. The Kier molecular flexibility index (Phi) is 6.48. The number of amides is 2. The number of nitrogens with one attached hydrogen (secondary N) is 2. The van der Waals surface area contributed by atoms with Gasteiger partial charge in [0.2, 0.25) is 11.8 Å². The Morgan fingerprint density at radius 2 is 1.53 bits per heavy atom. The standard InChI is InChI=1S/C27H21FIN3O4/c1-35-24-14-20-22(15-21(24)29)30-13-10-23(20)36-19-8-6-18(7-9-19)32-26(34)27(11-12-27)25(33)31-17-4-2-16(28)3-5-17/h2-10,13-15H,11-12H2,1H3,(H,31,33)(H,32,34). The van der Waals surface area contributed by atoms with Crippen molar-refractivity contribution in [3.05, 3.63) is 82.3 Å². The fourth-order valence-corrected chi connectivity index (χ4v) is 4.49. The van der Waals surface area contributed by atoms with E-state index in [9.17, 15) is 14.0 Å². The Morgan fingerprint density at radius 1 is 0.917 bits per heavy atom. The third-order valence-corrected chi connectivity index (χ3v) is 6.88. The molecule has 1 aliphatic carbocycles. The van der Waals surface area contributed by atoms with E-state index in [1.54, 1.807) is 43.6 Å². The average Bonchev–Trinajstić information content (AvgIpc) is 3.69. The summed E-state index contributed by atoms with van der Waals surface area (Å²) in [5.74, 6) is 0.760. The van der Waals surface area contributed by atoms with Crippen molar-refractivity contribution in [2.45, 2.75) is 12.8 Å². The molecule has 0 bridgehead atoms. The summed E-state index contributed by atoms with van der Waals surface area (Å²) in [6, 6.07) is 17.9. The van der Waals surface area contributed by atoms with Crippen molar-refractivity contribution >= 4 is 56.7 Å². The van der Waals surface area contributed by atoms with E-state index in [4.69, 9.17) is 9.47 Å². The number of anilines is 2. The fourth-order valence-electron chi connectivity index (χ4n) is 3.82. The average molecular weight is 597 g/mol. The number of halogens is 2. The maximum absolute atomic E-state index is 13.1. The van der Waals surface area contributed by atoms with Gasteiger partial charge >= 0.3 is 0 Å². The Balaban J connectivity index is 1.27. The van der Waals surface area contributed by atoms with Crippen LogP contribution in [0.3, 0.4) is 0 Å². The molecule has 9 heteroatoms. The van der Waals surface area contributed by atoms with E-state index < -0.39 is 17.1 Å². The first-order valence-electron chi connectivity index (χ1n) is 11.2. The van der Waals surface area contributed by atoms with Crippen LogP contribution in [-0.2, 0) is 9.59 Å². The summed E-state index contributed by atoms with van der Waals surface area (Å²) >= 11 is 2.20. The lowest BCUT2D eigenvalue weighted by Gasteiger charge is -2.16. The second kappa shape index (κ2) is 9.73. The van der Waals surface area contributed by atoms with Crippen molar-refractivity contribution < 1.29 is 23.5 Å². The Morgan fingerprint density at radius 3 is 2.11 bits per heavy atom. The molecule has 1 heterocycles. The predicted octanol–water partition coefficient (Wildman–Crippen LogP) is 6.14. The van der Waals surface area contributed by atoms with Gasteiger partial charge in [-0.25, -0.2) is 4.39 Å². The lowest BCUT2D eigenvalue weighted by molar-refractivity contribution is -0.131. The molecule has 2 N–H and O–H groups in total. The van der Waals surface area contributed by atoms with Crippen molar-refractivity contribution in [3.8, 4) is 17.2 Å². The van der Waals surface area contributed by atoms with Crippen molar-refractivity contribution in [2.24, 2.45) is 5.41 Å². The van der Waals surface area contributed by atoms with Gasteiger partial charge in [0, 0.05) is 23.0 Å². The molecule has 1 aromatic heterocycles. The third-order valence-electron chi connectivity index (χ3n) is 6.04. The van der Waals surface area contributed by atoms with Gasteiger partial charge in [-0.3, -0.25) is 14.6 Å². The minimum atomic E-state index is -1.13. The predicted molar refractivity (Wildman–Crippen MR) is 143 cm³/mol. The fraction of sp³-hybridized carbons (Fsp3) is 0.148. The number of methoxy groups -OCH3 is 1. The van der Waals surface area contributed by atoms with E-state index in [0.717, 1.165) is 20.2 Å². The molecule has 182 valence electrons. The quantitative estimate of drug-likeness (QED) is 0.198. The summed E-state index contributed by atoms with van der Waals surface area (Å²) in [4.78, 5) is 30.1. The lowest BCUT2D eigenvalue weighted by Crippen LogP contribution is -2.35. The number of rotatable bonds is 7. The minimum Gasteiger partial charge on any atom is -0.496 e. The molecule has 3 aromatic carbocycles. The van der Waals surface area contributed by atoms with Crippen LogP contribution in [0.4, 0.5) is 15.8 Å². The molecule has 1 fully saturated rings. The third kappa shape index (κ3) is 4.83. The molecule has 0 saturated heterocycles. The molecule has 5 rings (SSSR count). The number of fused-ring (bicyclic) bond motifs is 1. The van der Waals surface area contributed by atoms with Gasteiger partial charge < -0.3 is 20.1 Å². The number of aromatic nitrogens is 1. The summed E-state index contributed by atoms with van der Waals surface area (Å²) in [6.45, 7) is 0.